The summed E-state index contributed by atoms with van der Waals surface area (Å²) in [5, 5.41) is 4.06. The number of thioether (sulfide) groups is 1. The van der Waals surface area contributed by atoms with Crippen LogP contribution in [-0.4, -0.2) is 11.9 Å². The highest BCUT2D eigenvalue weighted by Gasteiger charge is 2.12. The van der Waals surface area contributed by atoms with E-state index in [4.69, 9.17) is 0 Å². The molecular weight excluding hydrogens is 420 g/mol. The van der Waals surface area contributed by atoms with Crippen molar-refractivity contribution in [2.75, 3.05) is 7.05 Å². The van der Waals surface area contributed by atoms with Crippen LogP contribution in [0.1, 0.15) is 37.5 Å². The van der Waals surface area contributed by atoms with E-state index in [1.807, 2.05) is 19.9 Å². The Morgan fingerprint density at radius 3 is 2.27 bits per heavy atom. The number of benzene rings is 2. The molecule has 0 spiro atoms. The lowest BCUT2D eigenvalue weighted by atomic mass is 10.0. The Labute approximate surface area is 204 Å². The monoisotopic (exact) mass is 456 g/mol. The van der Waals surface area contributed by atoms with Crippen molar-refractivity contribution < 1.29 is 0 Å². The minimum atomic E-state index is 0.788. The second-order valence-corrected chi connectivity index (χ2v) is 9.39. The Hall–Kier alpha value is -3.17. The summed E-state index contributed by atoms with van der Waals surface area (Å²) in [5.74, 6) is 0. The molecule has 0 saturated carbocycles. The normalized spacial score (nSPS) is 11.7. The van der Waals surface area contributed by atoms with Crippen molar-refractivity contribution in [3.8, 4) is 0 Å². The molecule has 2 rings (SSSR count). The molecule has 0 aliphatic rings. The Balaban J connectivity index is 2.33. The zero-order valence-corrected chi connectivity index (χ0v) is 21.5. The smallest absolute Gasteiger partial charge is 0.0698 e. The number of allylic oxidation sites excluding steroid dienone is 6. The molecule has 0 heterocycles. The van der Waals surface area contributed by atoms with Gasteiger partial charge < -0.3 is 10.2 Å². The average Bonchev–Trinajstić information content (AvgIpc) is 2.75. The van der Waals surface area contributed by atoms with Crippen molar-refractivity contribution >= 4 is 17.3 Å². The molecule has 172 valence electrons. The summed E-state index contributed by atoms with van der Waals surface area (Å²) >= 11 is 1.62. The van der Waals surface area contributed by atoms with Gasteiger partial charge in [-0.2, -0.15) is 0 Å². The van der Waals surface area contributed by atoms with Gasteiger partial charge in [-0.05, 0) is 67.7 Å². The largest absolute Gasteiger partial charge is 0.355 e. The second-order valence-electron chi connectivity index (χ2n) is 8.25. The molecule has 0 aromatic heterocycles. The van der Waals surface area contributed by atoms with Crippen LogP contribution in [0.25, 0.3) is 5.57 Å². The van der Waals surface area contributed by atoms with Gasteiger partial charge in [-0.3, -0.25) is 0 Å². The zero-order chi connectivity index (χ0) is 24.5. The quantitative estimate of drug-likeness (QED) is 0.271. The van der Waals surface area contributed by atoms with Crippen molar-refractivity contribution in [3.05, 3.63) is 131 Å². The minimum Gasteiger partial charge on any atom is -0.355 e. The van der Waals surface area contributed by atoms with Crippen molar-refractivity contribution in [1.29, 1.82) is 0 Å². The lowest BCUT2D eigenvalue weighted by Gasteiger charge is -2.26. The summed E-state index contributed by atoms with van der Waals surface area (Å²) in [6.45, 7) is 24.7. The third-order valence-electron chi connectivity index (χ3n) is 5.23. The molecule has 2 nitrogen and oxygen atoms in total. The van der Waals surface area contributed by atoms with Gasteiger partial charge in [0.25, 0.3) is 0 Å². The lowest BCUT2D eigenvalue weighted by Crippen LogP contribution is -2.19. The zero-order valence-electron chi connectivity index (χ0n) is 20.7. The second kappa shape index (κ2) is 12.2. The Bertz CT molecular complexity index is 1100. The number of nitrogens with one attached hydrogen (secondary N) is 1. The number of rotatable bonds is 11. The molecular formula is C30H36N2S. The number of nitrogens with zero attached hydrogens (tertiary/aromatic N) is 1. The van der Waals surface area contributed by atoms with Crippen molar-refractivity contribution in [1.82, 2.24) is 10.2 Å². The summed E-state index contributed by atoms with van der Waals surface area (Å²) in [6, 6.07) is 16.9. The number of aryl methyl sites for hydroxylation is 1. The molecule has 0 bridgehead atoms. The molecule has 0 aliphatic carbocycles. The van der Waals surface area contributed by atoms with Gasteiger partial charge >= 0.3 is 0 Å². The molecule has 1 N–H and O–H groups in total. The van der Waals surface area contributed by atoms with E-state index in [0.717, 1.165) is 50.1 Å². The minimum absolute atomic E-state index is 0.788. The fourth-order valence-corrected chi connectivity index (χ4v) is 4.30. The molecule has 0 radical (unpaired) electrons. The van der Waals surface area contributed by atoms with Gasteiger partial charge in [-0.15, -0.1) is 0 Å². The van der Waals surface area contributed by atoms with Crippen LogP contribution < -0.4 is 5.32 Å². The molecule has 0 fully saturated rings. The van der Waals surface area contributed by atoms with E-state index in [0.29, 0.717) is 0 Å². The van der Waals surface area contributed by atoms with E-state index in [9.17, 15) is 0 Å². The van der Waals surface area contributed by atoms with Gasteiger partial charge in [-0.25, -0.2) is 0 Å². The number of likely N-dealkylation sites (N-methyl/N-ethyl adjacent to an activating group) is 1. The van der Waals surface area contributed by atoms with Crippen LogP contribution in [0.5, 0.6) is 0 Å². The van der Waals surface area contributed by atoms with Gasteiger partial charge in [-0.1, -0.05) is 86.6 Å². The first kappa shape index (κ1) is 26.1. The first-order valence-electron chi connectivity index (χ1n) is 11.0. The first-order chi connectivity index (χ1) is 15.6. The topological polar surface area (TPSA) is 15.3 Å². The van der Waals surface area contributed by atoms with E-state index in [1.54, 1.807) is 11.8 Å². The molecule has 0 saturated heterocycles. The summed E-state index contributed by atoms with van der Waals surface area (Å²) in [4.78, 5) is 3.30. The molecule has 0 amide bonds. The lowest BCUT2D eigenvalue weighted by molar-refractivity contribution is 0.517. The van der Waals surface area contributed by atoms with Crippen molar-refractivity contribution in [2.24, 2.45) is 0 Å². The first-order valence-corrected chi connectivity index (χ1v) is 11.8. The third kappa shape index (κ3) is 7.73. The van der Waals surface area contributed by atoms with Crippen molar-refractivity contribution in [2.45, 2.75) is 39.0 Å². The van der Waals surface area contributed by atoms with Crippen LogP contribution in [0.2, 0.25) is 0 Å². The predicted molar refractivity (Wildman–Crippen MR) is 148 cm³/mol. The maximum absolute atomic E-state index is 4.34. The van der Waals surface area contributed by atoms with Crippen LogP contribution in [0.4, 0.5) is 0 Å². The summed E-state index contributed by atoms with van der Waals surface area (Å²) < 4.78 is 0. The summed E-state index contributed by atoms with van der Waals surface area (Å²) in [5.41, 5.74) is 8.67. The fourth-order valence-electron chi connectivity index (χ4n) is 3.39. The van der Waals surface area contributed by atoms with Gasteiger partial charge in [0.15, 0.2) is 0 Å². The van der Waals surface area contributed by atoms with Crippen LogP contribution in [-0.2, 0) is 6.42 Å². The van der Waals surface area contributed by atoms with Crippen LogP contribution in [0, 0.1) is 6.92 Å². The maximum atomic E-state index is 4.34. The molecule has 33 heavy (non-hydrogen) atoms. The van der Waals surface area contributed by atoms with E-state index < -0.39 is 0 Å². The Morgan fingerprint density at radius 2 is 1.70 bits per heavy atom. The molecule has 0 atom stereocenters. The highest BCUT2D eigenvalue weighted by atomic mass is 32.2. The number of hydrogen-bond donors (Lipinski definition) is 1. The molecule has 2 aromatic rings. The highest BCUT2D eigenvalue weighted by molar-refractivity contribution is 8.03. The Kier molecular flexibility index (Phi) is 9.62. The van der Waals surface area contributed by atoms with Crippen LogP contribution in [0.3, 0.4) is 0 Å². The van der Waals surface area contributed by atoms with E-state index in [1.165, 1.54) is 11.1 Å². The highest BCUT2D eigenvalue weighted by Crippen LogP contribution is 2.32. The van der Waals surface area contributed by atoms with Gasteiger partial charge in [0.2, 0.25) is 0 Å². The predicted octanol–water partition coefficient (Wildman–Crippen LogP) is 8.23. The molecule has 2 aromatic carbocycles. The van der Waals surface area contributed by atoms with Gasteiger partial charge in [0, 0.05) is 35.5 Å². The van der Waals surface area contributed by atoms with Gasteiger partial charge in [0.05, 0.1) is 5.03 Å². The van der Waals surface area contributed by atoms with E-state index >= 15 is 0 Å². The van der Waals surface area contributed by atoms with Crippen LogP contribution >= 0.6 is 11.8 Å². The SMILES string of the molecule is C=C(C)NC(=C)Sc1cc(C(=C/C)/C=C(\C(=C)C)N(C)C(=C)Cc2ccccc2)ccc1C. The van der Waals surface area contributed by atoms with Gasteiger partial charge in [0.1, 0.15) is 0 Å². The summed E-state index contributed by atoms with van der Waals surface area (Å²) in [6.07, 6.45) is 5.12. The Morgan fingerprint density at radius 1 is 1.03 bits per heavy atom. The van der Waals surface area contributed by atoms with Crippen molar-refractivity contribution in [3.63, 3.8) is 0 Å². The molecule has 0 unspecified atom stereocenters. The maximum Gasteiger partial charge on any atom is 0.0698 e. The fraction of sp³-hybridized carbons (Fsp3) is 0.200. The standard InChI is InChI=1S/C30H36N2S/c1-10-27(28-17-16-23(6)30(20-28)33-25(8)31-22(4)5)19-29(21(2)3)32(9)24(7)18-26-14-12-11-13-15-26/h10-17,19-20,31H,2,4,7-8,18H2,1,3,5-6,9H3/b27-10+,29-19+. The van der Waals surface area contributed by atoms with E-state index in [-0.39, 0.29) is 0 Å². The third-order valence-corrected chi connectivity index (χ3v) is 6.24. The number of hydrogen-bond acceptors (Lipinski definition) is 3. The molecule has 0 aliphatic heterocycles. The summed E-state index contributed by atoms with van der Waals surface area (Å²) in [7, 11) is 2.06. The van der Waals surface area contributed by atoms with E-state index in [2.05, 4.69) is 112 Å². The average molecular weight is 457 g/mol. The molecule has 3 heteroatoms. The van der Waals surface area contributed by atoms with Crippen LogP contribution in [0.15, 0.2) is 120 Å².